The van der Waals surface area contributed by atoms with Crippen molar-refractivity contribution in [2.24, 2.45) is 7.05 Å². The van der Waals surface area contributed by atoms with Crippen molar-refractivity contribution in [3.63, 3.8) is 0 Å². The summed E-state index contributed by atoms with van der Waals surface area (Å²) < 4.78 is 17.2. The summed E-state index contributed by atoms with van der Waals surface area (Å²) in [5, 5.41) is 22.6. The third-order valence-corrected chi connectivity index (χ3v) is 6.77. The van der Waals surface area contributed by atoms with Gasteiger partial charge in [-0.3, -0.25) is 9.67 Å². The molecule has 0 aromatic carbocycles. The van der Waals surface area contributed by atoms with E-state index in [0.717, 1.165) is 31.7 Å². The fourth-order valence-electron chi connectivity index (χ4n) is 4.80. The van der Waals surface area contributed by atoms with E-state index in [-0.39, 0.29) is 11.5 Å². The fourth-order valence-corrected chi connectivity index (χ4v) is 4.80. The predicted molar refractivity (Wildman–Crippen MR) is 140 cm³/mol. The van der Waals surface area contributed by atoms with Gasteiger partial charge in [-0.15, -0.1) is 0 Å². The Morgan fingerprint density at radius 1 is 1.16 bits per heavy atom. The van der Waals surface area contributed by atoms with E-state index < -0.39 is 0 Å². The van der Waals surface area contributed by atoms with E-state index >= 15 is 0 Å². The first-order chi connectivity index (χ1) is 18.3. The highest BCUT2D eigenvalue weighted by Crippen LogP contribution is 2.34. The number of ether oxygens (including phenoxy) is 2. The van der Waals surface area contributed by atoms with E-state index in [1.54, 1.807) is 33.9 Å². The quantitative estimate of drug-likeness (QED) is 0.366. The molecule has 6 heterocycles. The zero-order valence-electron chi connectivity index (χ0n) is 21.7. The smallest absolute Gasteiger partial charge is 0.210 e. The average Bonchev–Trinajstić information content (AvgIpc) is 3.61. The number of aryl methyl sites for hydroxylation is 1. The third kappa shape index (κ3) is 4.10. The number of nitrogens with zero attached hydrogens (tertiary/aromatic N) is 9. The highest BCUT2D eigenvalue weighted by Gasteiger charge is 2.27. The Hall–Kier alpha value is -4.50. The van der Waals surface area contributed by atoms with Crippen LogP contribution in [0.5, 0.6) is 11.5 Å². The van der Waals surface area contributed by atoms with Crippen molar-refractivity contribution in [2.75, 3.05) is 18.5 Å². The van der Waals surface area contributed by atoms with Gasteiger partial charge in [-0.25, -0.2) is 9.50 Å². The molecule has 0 amide bonds. The largest absolute Gasteiger partial charge is 0.450 e. The summed E-state index contributed by atoms with van der Waals surface area (Å²) in [6, 6.07) is 4.62. The molecular weight excluding hydrogens is 484 g/mol. The van der Waals surface area contributed by atoms with Gasteiger partial charge in [0.15, 0.2) is 23.0 Å². The second-order valence-electron chi connectivity index (χ2n) is 10.4. The van der Waals surface area contributed by atoms with Crippen LogP contribution in [0.15, 0.2) is 37.1 Å². The first-order valence-corrected chi connectivity index (χ1v) is 12.5. The number of anilines is 2. The second-order valence-corrected chi connectivity index (χ2v) is 10.4. The topological polar surface area (TPSA) is 133 Å². The molecule has 12 heteroatoms. The standard InChI is InChI=1S/C26H28N10O2/c1-26(2,3)21-11-22(33-36(21)16-5-9-37-10-6-16)31-25-32-24-23(34(25)4)17(12-27)19(14-29-24)38-20-15-30-35-8-7-28-13-18(20)35/h7-8,11,13-16H,5-6,9-10H2,1-4H3,(H,29,31,32,33). The molecule has 5 aromatic heterocycles. The molecule has 0 spiro atoms. The molecule has 1 saturated heterocycles. The molecule has 5 aromatic rings. The van der Waals surface area contributed by atoms with Crippen LogP contribution in [-0.2, 0) is 17.2 Å². The number of hydrogen-bond donors (Lipinski definition) is 1. The Morgan fingerprint density at radius 2 is 1.97 bits per heavy atom. The van der Waals surface area contributed by atoms with E-state index in [4.69, 9.17) is 14.6 Å². The van der Waals surface area contributed by atoms with E-state index in [2.05, 4.69) is 63.0 Å². The molecule has 0 atom stereocenters. The third-order valence-electron chi connectivity index (χ3n) is 6.77. The van der Waals surface area contributed by atoms with Gasteiger partial charge in [0.2, 0.25) is 5.95 Å². The number of aromatic nitrogens is 8. The number of nitrogens with one attached hydrogen (secondary N) is 1. The molecule has 12 nitrogen and oxygen atoms in total. The first kappa shape index (κ1) is 23.9. The van der Waals surface area contributed by atoms with Crippen molar-refractivity contribution in [3.8, 4) is 17.6 Å². The van der Waals surface area contributed by atoms with Crippen LogP contribution in [0.1, 0.15) is 50.9 Å². The van der Waals surface area contributed by atoms with Gasteiger partial charge in [-0.2, -0.15) is 20.4 Å². The van der Waals surface area contributed by atoms with Crippen LogP contribution >= 0.6 is 0 Å². The first-order valence-electron chi connectivity index (χ1n) is 12.5. The van der Waals surface area contributed by atoms with Gasteiger partial charge in [0.1, 0.15) is 22.7 Å². The Balaban J connectivity index is 1.36. The molecule has 38 heavy (non-hydrogen) atoms. The van der Waals surface area contributed by atoms with Crippen molar-refractivity contribution >= 4 is 28.4 Å². The highest BCUT2D eigenvalue weighted by molar-refractivity contribution is 5.84. The number of pyridine rings is 1. The number of rotatable bonds is 5. The van der Waals surface area contributed by atoms with Crippen LogP contribution in [0.4, 0.5) is 11.8 Å². The van der Waals surface area contributed by atoms with Crippen molar-refractivity contribution in [3.05, 3.63) is 48.3 Å². The van der Waals surface area contributed by atoms with Crippen LogP contribution in [0.2, 0.25) is 0 Å². The van der Waals surface area contributed by atoms with Crippen LogP contribution in [0.25, 0.3) is 16.7 Å². The summed E-state index contributed by atoms with van der Waals surface area (Å²) in [6.07, 6.45) is 9.96. The lowest BCUT2D eigenvalue weighted by molar-refractivity contribution is 0.0646. The van der Waals surface area contributed by atoms with Crippen molar-refractivity contribution in [1.29, 1.82) is 5.26 Å². The molecule has 1 N–H and O–H groups in total. The van der Waals surface area contributed by atoms with Crippen molar-refractivity contribution < 1.29 is 9.47 Å². The summed E-state index contributed by atoms with van der Waals surface area (Å²) in [5.74, 6) is 2.00. The Bertz CT molecular complexity index is 1680. The summed E-state index contributed by atoms with van der Waals surface area (Å²) in [6.45, 7) is 8.02. The molecule has 0 radical (unpaired) electrons. The zero-order valence-corrected chi connectivity index (χ0v) is 21.7. The maximum Gasteiger partial charge on any atom is 0.210 e. The van der Waals surface area contributed by atoms with E-state index in [1.807, 2.05) is 7.05 Å². The monoisotopic (exact) mass is 512 g/mol. The second kappa shape index (κ2) is 9.11. The number of fused-ring (bicyclic) bond motifs is 2. The maximum atomic E-state index is 10.1. The zero-order chi connectivity index (χ0) is 26.4. The SMILES string of the molecule is Cn1c(Nc2cc(C(C)(C)C)n(C3CCOCC3)n2)nc2ncc(Oc3cnn4ccncc34)c(C#N)c21. The van der Waals surface area contributed by atoms with Crippen LogP contribution in [0, 0.1) is 11.3 Å². The molecular formula is C26H28N10O2. The van der Waals surface area contributed by atoms with Gasteiger partial charge in [-0.05, 0) is 12.8 Å². The van der Waals surface area contributed by atoms with Gasteiger partial charge >= 0.3 is 0 Å². The maximum absolute atomic E-state index is 10.1. The minimum Gasteiger partial charge on any atom is -0.450 e. The lowest BCUT2D eigenvalue weighted by atomic mass is 9.91. The summed E-state index contributed by atoms with van der Waals surface area (Å²) in [5.41, 5.74) is 3.04. The minimum atomic E-state index is -0.0903. The highest BCUT2D eigenvalue weighted by atomic mass is 16.5. The minimum absolute atomic E-state index is 0.0903. The van der Waals surface area contributed by atoms with Crippen molar-refractivity contribution in [1.82, 2.24) is 38.9 Å². The molecule has 0 bridgehead atoms. The predicted octanol–water partition coefficient (Wildman–Crippen LogP) is 4.26. The van der Waals surface area contributed by atoms with Gasteiger partial charge in [0, 0.05) is 49.8 Å². The molecule has 0 aliphatic carbocycles. The number of imidazole rings is 1. The molecule has 1 fully saturated rings. The van der Waals surface area contributed by atoms with E-state index in [1.165, 1.54) is 6.20 Å². The molecule has 1 aliphatic heterocycles. The van der Waals surface area contributed by atoms with Gasteiger partial charge in [-0.1, -0.05) is 20.8 Å². The number of hydrogen-bond acceptors (Lipinski definition) is 9. The molecule has 1 aliphatic rings. The van der Waals surface area contributed by atoms with Gasteiger partial charge in [0.05, 0.1) is 24.6 Å². The fraction of sp³-hybridized carbons (Fsp3) is 0.385. The summed E-state index contributed by atoms with van der Waals surface area (Å²) in [7, 11) is 1.84. The lowest BCUT2D eigenvalue weighted by Crippen LogP contribution is -2.26. The molecule has 194 valence electrons. The molecule has 6 rings (SSSR count). The van der Waals surface area contributed by atoms with Crippen LogP contribution in [-0.4, -0.2) is 52.1 Å². The van der Waals surface area contributed by atoms with E-state index in [0.29, 0.717) is 45.5 Å². The summed E-state index contributed by atoms with van der Waals surface area (Å²) >= 11 is 0. The Labute approximate surface area is 218 Å². The van der Waals surface area contributed by atoms with Gasteiger partial charge in [0.25, 0.3) is 0 Å². The van der Waals surface area contributed by atoms with Crippen LogP contribution in [0.3, 0.4) is 0 Å². The molecule has 0 saturated carbocycles. The van der Waals surface area contributed by atoms with E-state index in [9.17, 15) is 5.26 Å². The Morgan fingerprint density at radius 3 is 2.74 bits per heavy atom. The number of nitriles is 1. The van der Waals surface area contributed by atoms with Crippen molar-refractivity contribution in [2.45, 2.75) is 45.1 Å². The molecule has 0 unspecified atom stereocenters. The lowest BCUT2D eigenvalue weighted by Gasteiger charge is -2.28. The average molecular weight is 513 g/mol. The van der Waals surface area contributed by atoms with Gasteiger partial charge < -0.3 is 19.4 Å². The Kier molecular flexibility index (Phi) is 5.72. The summed E-state index contributed by atoms with van der Waals surface area (Å²) in [4.78, 5) is 13.3. The normalized spacial score (nSPS) is 14.7. The van der Waals surface area contributed by atoms with Crippen LogP contribution < -0.4 is 10.1 Å².